The van der Waals surface area contributed by atoms with E-state index in [4.69, 9.17) is 11.6 Å². The Morgan fingerprint density at radius 1 is 1.21 bits per heavy atom. The number of nitrogens with zero attached hydrogens (tertiary/aromatic N) is 1. The lowest BCUT2D eigenvalue weighted by Gasteiger charge is -2.35. The first-order chi connectivity index (χ1) is 8.99. The fraction of sp³-hybridized carbons (Fsp3) is 0.625. The van der Waals surface area contributed by atoms with Crippen molar-refractivity contribution in [2.24, 2.45) is 11.8 Å². The molecule has 1 fully saturated rings. The van der Waals surface area contributed by atoms with Gasteiger partial charge in [-0.25, -0.2) is 0 Å². The quantitative estimate of drug-likeness (QED) is 0.867. The summed E-state index contributed by atoms with van der Waals surface area (Å²) < 4.78 is 0. The zero-order chi connectivity index (χ0) is 14.0. The zero-order valence-electron chi connectivity index (χ0n) is 12.4. The lowest BCUT2D eigenvalue weighted by Crippen LogP contribution is -2.34. The van der Waals surface area contributed by atoms with E-state index in [1.54, 1.807) is 0 Å². The van der Waals surface area contributed by atoms with Crippen LogP contribution in [0.3, 0.4) is 0 Å². The van der Waals surface area contributed by atoms with Crippen LogP contribution in [0, 0.1) is 11.8 Å². The Morgan fingerprint density at radius 2 is 1.95 bits per heavy atom. The molecule has 0 spiro atoms. The van der Waals surface area contributed by atoms with Crippen molar-refractivity contribution >= 4 is 23.0 Å². The summed E-state index contributed by atoms with van der Waals surface area (Å²) in [7, 11) is 4.08. The van der Waals surface area contributed by atoms with E-state index in [1.165, 1.54) is 19.3 Å². The van der Waals surface area contributed by atoms with E-state index in [9.17, 15) is 0 Å². The molecule has 0 amide bonds. The van der Waals surface area contributed by atoms with Crippen molar-refractivity contribution in [1.29, 1.82) is 0 Å². The Bertz CT molecular complexity index is 431. The maximum atomic E-state index is 6.33. The molecule has 1 aromatic carbocycles. The minimum Gasteiger partial charge on any atom is -0.380 e. The van der Waals surface area contributed by atoms with Gasteiger partial charge in [-0.05, 0) is 36.8 Å². The van der Waals surface area contributed by atoms with Crippen LogP contribution in [-0.4, -0.2) is 20.1 Å². The molecule has 1 saturated carbocycles. The molecule has 2 nitrogen and oxygen atoms in total. The molecular formula is C16H25ClN2. The van der Waals surface area contributed by atoms with Gasteiger partial charge in [0.05, 0.1) is 16.4 Å². The zero-order valence-corrected chi connectivity index (χ0v) is 13.2. The second-order valence-electron chi connectivity index (χ2n) is 6.18. The number of hydrogen-bond donors (Lipinski definition) is 1. The smallest absolute Gasteiger partial charge is 0.0786 e. The van der Waals surface area contributed by atoms with Crippen molar-refractivity contribution < 1.29 is 0 Å². The summed E-state index contributed by atoms with van der Waals surface area (Å²) in [5.41, 5.74) is 2.25. The molecular weight excluding hydrogens is 256 g/mol. The Balaban J connectivity index is 2.20. The standard InChI is InChI=1S/C16H25ClN2/c1-11-8-9-12(2)15(10-11)18-14-7-5-6-13(17)16(14)19(3)4/h5-7,11-12,15,18H,8-10H2,1-4H3. The van der Waals surface area contributed by atoms with E-state index in [0.29, 0.717) is 6.04 Å². The number of rotatable bonds is 3. The number of halogens is 1. The fourth-order valence-electron chi connectivity index (χ4n) is 3.02. The topological polar surface area (TPSA) is 15.3 Å². The number of benzene rings is 1. The van der Waals surface area contributed by atoms with Gasteiger partial charge in [-0.15, -0.1) is 0 Å². The molecule has 106 valence electrons. The molecule has 0 heterocycles. The molecule has 1 N–H and O–H groups in total. The molecule has 1 aliphatic carbocycles. The van der Waals surface area contributed by atoms with Gasteiger partial charge in [0.1, 0.15) is 0 Å². The summed E-state index contributed by atoms with van der Waals surface area (Å²) in [6.07, 6.45) is 3.92. The summed E-state index contributed by atoms with van der Waals surface area (Å²) >= 11 is 6.33. The van der Waals surface area contributed by atoms with Gasteiger partial charge in [-0.2, -0.15) is 0 Å². The average molecular weight is 281 g/mol. The summed E-state index contributed by atoms with van der Waals surface area (Å²) in [6.45, 7) is 4.70. The van der Waals surface area contributed by atoms with E-state index in [0.717, 1.165) is 28.2 Å². The van der Waals surface area contributed by atoms with Crippen molar-refractivity contribution in [2.75, 3.05) is 24.3 Å². The van der Waals surface area contributed by atoms with Crippen molar-refractivity contribution in [3.63, 3.8) is 0 Å². The molecule has 19 heavy (non-hydrogen) atoms. The third kappa shape index (κ3) is 3.36. The number of nitrogens with one attached hydrogen (secondary N) is 1. The van der Waals surface area contributed by atoms with Crippen LogP contribution in [0.1, 0.15) is 33.1 Å². The second-order valence-corrected chi connectivity index (χ2v) is 6.58. The number of hydrogen-bond acceptors (Lipinski definition) is 2. The minimum atomic E-state index is 0.556. The highest BCUT2D eigenvalue weighted by Crippen LogP contribution is 2.36. The Kier molecular flexibility index (Phi) is 4.62. The lowest BCUT2D eigenvalue weighted by atomic mass is 9.80. The maximum Gasteiger partial charge on any atom is 0.0786 e. The average Bonchev–Trinajstić information content (AvgIpc) is 2.33. The van der Waals surface area contributed by atoms with Crippen molar-refractivity contribution in [3.05, 3.63) is 23.2 Å². The largest absolute Gasteiger partial charge is 0.380 e. The first-order valence-electron chi connectivity index (χ1n) is 7.21. The molecule has 0 saturated heterocycles. The molecule has 3 heteroatoms. The van der Waals surface area contributed by atoms with Crippen LogP contribution in [0.15, 0.2) is 18.2 Å². The number of anilines is 2. The summed E-state index contributed by atoms with van der Waals surface area (Å²) in [5, 5.41) is 4.54. The van der Waals surface area contributed by atoms with Gasteiger partial charge in [-0.1, -0.05) is 37.9 Å². The van der Waals surface area contributed by atoms with Gasteiger partial charge in [0.2, 0.25) is 0 Å². The van der Waals surface area contributed by atoms with Crippen LogP contribution in [0.25, 0.3) is 0 Å². The molecule has 0 aliphatic heterocycles. The van der Waals surface area contributed by atoms with Gasteiger partial charge in [-0.3, -0.25) is 0 Å². The van der Waals surface area contributed by atoms with Crippen molar-refractivity contribution in [1.82, 2.24) is 0 Å². The van der Waals surface area contributed by atoms with E-state index in [1.807, 2.05) is 26.2 Å². The highest BCUT2D eigenvalue weighted by Gasteiger charge is 2.26. The molecule has 1 aromatic rings. The first kappa shape index (κ1) is 14.5. The Morgan fingerprint density at radius 3 is 2.63 bits per heavy atom. The van der Waals surface area contributed by atoms with Crippen molar-refractivity contribution in [2.45, 2.75) is 39.2 Å². The van der Waals surface area contributed by atoms with E-state index in [2.05, 4.69) is 30.1 Å². The number of para-hydroxylation sites is 1. The van der Waals surface area contributed by atoms with Gasteiger partial charge in [0, 0.05) is 20.1 Å². The SMILES string of the molecule is CC1CCC(C)C(Nc2cccc(Cl)c2N(C)C)C1. The van der Waals surface area contributed by atoms with E-state index in [-0.39, 0.29) is 0 Å². The first-order valence-corrected chi connectivity index (χ1v) is 7.59. The lowest BCUT2D eigenvalue weighted by molar-refractivity contribution is 0.281. The third-order valence-electron chi connectivity index (χ3n) is 4.23. The molecule has 0 radical (unpaired) electrons. The van der Waals surface area contributed by atoms with Gasteiger partial charge in [0.25, 0.3) is 0 Å². The van der Waals surface area contributed by atoms with Gasteiger partial charge in [0.15, 0.2) is 0 Å². The van der Waals surface area contributed by atoms with Gasteiger partial charge < -0.3 is 10.2 Å². The maximum absolute atomic E-state index is 6.33. The predicted molar refractivity (Wildman–Crippen MR) is 85.4 cm³/mol. The van der Waals surface area contributed by atoms with Crippen LogP contribution < -0.4 is 10.2 Å². The molecule has 3 atom stereocenters. The van der Waals surface area contributed by atoms with Crippen LogP contribution >= 0.6 is 11.6 Å². The molecule has 2 rings (SSSR count). The second kappa shape index (κ2) is 6.04. The van der Waals surface area contributed by atoms with Crippen LogP contribution in [0.5, 0.6) is 0 Å². The summed E-state index contributed by atoms with van der Waals surface area (Å²) in [4.78, 5) is 2.08. The molecule has 0 aromatic heterocycles. The fourth-order valence-corrected chi connectivity index (χ4v) is 3.36. The summed E-state index contributed by atoms with van der Waals surface area (Å²) in [5.74, 6) is 1.54. The van der Waals surface area contributed by atoms with Crippen LogP contribution in [-0.2, 0) is 0 Å². The monoisotopic (exact) mass is 280 g/mol. The van der Waals surface area contributed by atoms with Crippen LogP contribution in [0.4, 0.5) is 11.4 Å². The predicted octanol–water partition coefficient (Wildman–Crippen LogP) is 4.64. The van der Waals surface area contributed by atoms with Crippen molar-refractivity contribution in [3.8, 4) is 0 Å². The Hall–Kier alpha value is -0.890. The van der Waals surface area contributed by atoms with Crippen LogP contribution in [0.2, 0.25) is 5.02 Å². The minimum absolute atomic E-state index is 0.556. The molecule has 3 unspecified atom stereocenters. The Labute approximate surface area is 122 Å². The molecule has 1 aliphatic rings. The highest BCUT2D eigenvalue weighted by atomic mass is 35.5. The van der Waals surface area contributed by atoms with Gasteiger partial charge >= 0.3 is 0 Å². The highest BCUT2D eigenvalue weighted by molar-refractivity contribution is 6.34. The third-order valence-corrected chi connectivity index (χ3v) is 4.54. The molecule has 0 bridgehead atoms. The van der Waals surface area contributed by atoms with E-state index < -0.39 is 0 Å². The normalized spacial score (nSPS) is 27.1. The van der Waals surface area contributed by atoms with E-state index >= 15 is 0 Å². The summed E-state index contributed by atoms with van der Waals surface area (Å²) in [6, 6.07) is 6.66.